The Kier molecular flexibility index (Phi) is 4.83. The van der Waals surface area contributed by atoms with E-state index in [4.69, 9.17) is 4.74 Å². The number of hydrogen-bond donors (Lipinski definition) is 1. The Labute approximate surface area is 96.8 Å². The van der Waals surface area contributed by atoms with Crippen LogP contribution in [0.15, 0.2) is 24.3 Å². The first kappa shape index (κ1) is 12.6. The van der Waals surface area contributed by atoms with Gasteiger partial charge in [0.05, 0.1) is 12.2 Å². The van der Waals surface area contributed by atoms with Crippen molar-refractivity contribution in [3.63, 3.8) is 0 Å². The van der Waals surface area contributed by atoms with Gasteiger partial charge in [-0.15, -0.1) is 0 Å². The van der Waals surface area contributed by atoms with Gasteiger partial charge in [0.1, 0.15) is 5.75 Å². The molecule has 1 amide bonds. The van der Waals surface area contributed by atoms with Crippen LogP contribution in [0.3, 0.4) is 0 Å². The number of hydrogen-bond acceptors (Lipinski definition) is 2. The monoisotopic (exact) mass is 221 g/mol. The van der Waals surface area contributed by atoms with Crippen LogP contribution >= 0.6 is 0 Å². The summed E-state index contributed by atoms with van der Waals surface area (Å²) in [5.41, 5.74) is 0.602. The Morgan fingerprint density at radius 1 is 1.38 bits per heavy atom. The number of rotatable bonds is 5. The van der Waals surface area contributed by atoms with Crippen molar-refractivity contribution < 1.29 is 9.53 Å². The zero-order valence-corrected chi connectivity index (χ0v) is 10.1. The van der Waals surface area contributed by atoms with Crippen LogP contribution in [0, 0.1) is 0 Å². The molecule has 3 heteroatoms. The van der Waals surface area contributed by atoms with Crippen LogP contribution in [0.4, 0.5) is 0 Å². The van der Waals surface area contributed by atoms with Crippen molar-refractivity contribution in [2.24, 2.45) is 0 Å². The molecule has 16 heavy (non-hydrogen) atoms. The van der Waals surface area contributed by atoms with E-state index in [1.54, 1.807) is 6.07 Å². The Balaban J connectivity index is 2.81. The third-order valence-corrected chi connectivity index (χ3v) is 2.42. The lowest BCUT2D eigenvalue weighted by Crippen LogP contribution is -2.32. The van der Waals surface area contributed by atoms with E-state index < -0.39 is 0 Å². The maximum Gasteiger partial charge on any atom is 0.255 e. The Morgan fingerprint density at radius 2 is 2.06 bits per heavy atom. The number of nitrogens with one attached hydrogen (secondary N) is 1. The first-order valence-electron chi connectivity index (χ1n) is 5.71. The summed E-state index contributed by atoms with van der Waals surface area (Å²) >= 11 is 0. The van der Waals surface area contributed by atoms with Crippen LogP contribution in [0.1, 0.15) is 37.6 Å². The fourth-order valence-electron chi connectivity index (χ4n) is 1.34. The standard InChI is InChI=1S/C13H19NO2/c1-4-10(3)14-13(15)11-8-6-7-9-12(11)16-5-2/h6-10H,4-5H2,1-3H3,(H,14,15)/t10-/m0/s1. The van der Waals surface area contributed by atoms with E-state index in [-0.39, 0.29) is 11.9 Å². The highest BCUT2D eigenvalue weighted by atomic mass is 16.5. The summed E-state index contributed by atoms with van der Waals surface area (Å²) in [4.78, 5) is 11.9. The van der Waals surface area contributed by atoms with Crippen molar-refractivity contribution in [3.05, 3.63) is 29.8 Å². The van der Waals surface area contributed by atoms with Crippen LogP contribution in [-0.4, -0.2) is 18.6 Å². The van der Waals surface area contributed by atoms with Gasteiger partial charge in [0.2, 0.25) is 0 Å². The molecule has 0 radical (unpaired) electrons. The molecule has 1 N–H and O–H groups in total. The molecule has 1 atom stereocenters. The smallest absolute Gasteiger partial charge is 0.255 e. The van der Waals surface area contributed by atoms with E-state index >= 15 is 0 Å². The van der Waals surface area contributed by atoms with Gasteiger partial charge in [-0.2, -0.15) is 0 Å². The van der Waals surface area contributed by atoms with Gasteiger partial charge in [-0.05, 0) is 32.4 Å². The largest absolute Gasteiger partial charge is 0.493 e. The van der Waals surface area contributed by atoms with E-state index in [2.05, 4.69) is 5.32 Å². The van der Waals surface area contributed by atoms with E-state index in [0.717, 1.165) is 6.42 Å². The number of carbonyl (C=O) groups is 1. The number of amides is 1. The van der Waals surface area contributed by atoms with Crippen molar-refractivity contribution in [1.82, 2.24) is 5.32 Å². The molecule has 0 heterocycles. The van der Waals surface area contributed by atoms with Crippen molar-refractivity contribution >= 4 is 5.91 Å². The average Bonchev–Trinajstić information content (AvgIpc) is 2.30. The Morgan fingerprint density at radius 3 is 2.69 bits per heavy atom. The molecule has 0 aliphatic rings. The van der Waals surface area contributed by atoms with Crippen molar-refractivity contribution in [3.8, 4) is 5.75 Å². The Bertz CT molecular complexity index is 350. The molecule has 0 saturated heterocycles. The van der Waals surface area contributed by atoms with Crippen LogP contribution in [0.25, 0.3) is 0 Å². The van der Waals surface area contributed by atoms with Gasteiger partial charge >= 0.3 is 0 Å². The van der Waals surface area contributed by atoms with E-state index in [9.17, 15) is 4.79 Å². The van der Waals surface area contributed by atoms with Gasteiger partial charge in [-0.1, -0.05) is 19.1 Å². The maximum absolute atomic E-state index is 11.9. The van der Waals surface area contributed by atoms with Gasteiger partial charge in [-0.25, -0.2) is 0 Å². The second-order valence-corrected chi connectivity index (χ2v) is 3.71. The summed E-state index contributed by atoms with van der Waals surface area (Å²) in [5, 5.41) is 2.93. The lowest BCUT2D eigenvalue weighted by molar-refractivity contribution is 0.0935. The van der Waals surface area contributed by atoms with Gasteiger partial charge in [-0.3, -0.25) is 4.79 Å². The quantitative estimate of drug-likeness (QED) is 0.830. The molecule has 0 aliphatic carbocycles. The first-order valence-corrected chi connectivity index (χ1v) is 5.71. The molecule has 0 saturated carbocycles. The summed E-state index contributed by atoms with van der Waals surface area (Å²) in [6.45, 7) is 6.50. The normalized spacial score (nSPS) is 11.9. The SMILES string of the molecule is CCOc1ccccc1C(=O)N[C@@H](C)CC. The molecule has 0 unspecified atom stereocenters. The van der Waals surface area contributed by atoms with Crippen LogP contribution in [0.5, 0.6) is 5.75 Å². The second kappa shape index (κ2) is 6.16. The van der Waals surface area contributed by atoms with E-state index in [1.807, 2.05) is 39.0 Å². The molecule has 0 aliphatic heterocycles. The zero-order valence-electron chi connectivity index (χ0n) is 10.1. The molecule has 0 spiro atoms. The average molecular weight is 221 g/mol. The molecule has 0 aromatic heterocycles. The highest BCUT2D eigenvalue weighted by molar-refractivity contribution is 5.97. The minimum atomic E-state index is -0.0709. The summed E-state index contributed by atoms with van der Waals surface area (Å²) in [7, 11) is 0. The van der Waals surface area contributed by atoms with Crippen molar-refractivity contribution in [2.45, 2.75) is 33.2 Å². The zero-order chi connectivity index (χ0) is 12.0. The van der Waals surface area contributed by atoms with Crippen LogP contribution < -0.4 is 10.1 Å². The van der Waals surface area contributed by atoms with Gasteiger partial charge in [0, 0.05) is 6.04 Å². The second-order valence-electron chi connectivity index (χ2n) is 3.71. The van der Waals surface area contributed by atoms with Gasteiger partial charge < -0.3 is 10.1 Å². The molecule has 0 fully saturated rings. The molecular formula is C13H19NO2. The van der Waals surface area contributed by atoms with Crippen LogP contribution in [0.2, 0.25) is 0 Å². The lowest BCUT2D eigenvalue weighted by Gasteiger charge is -2.13. The Hall–Kier alpha value is -1.51. The number of carbonyl (C=O) groups excluding carboxylic acids is 1. The van der Waals surface area contributed by atoms with E-state index in [1.165, 1.54) is 0 Å². The molecule has 1 rings (SSSR count). The summed E-state index contributed by atoms with van der Waals surface area (Å²) < 4.78 is 5.41. The number of benzene rings is 1. The third kappa shape index (κ3) is 3.26. The first-order chi connectivity index (χ1) is 7.69. The van der Waals surface area contributed by atoms with Crippen LogP contribution in [-0.2, 0) is 0 Å². The number of para-hydroxylation sites is 1. The highest BCUT2D eigenvalue weighted by Crippen LogP contribution is 2.17. The molecule has 3 nitrogen and oxygen atoms in total. The third-order valence-electron chi connectivity index (χ3n) is 2.42. The lowest BCUT2D eigenvalue weighted by atomic mass is 10.1. The van der Waals surface area contributed by atoms with E-state index in [0.29, 0.717) is 17.9 Å². The van der Waals surface area contributed by atoms with Crippen molar-refractivity contribution in [1.29, 1.82) is 0 Å². The predicted molar refractivity (Wildman–Crippen MR) is 64.8 cm³/mol. The fraction of sp³-hybridized carbons (Fsp3) is 0.462. The highest BCUT2D eigenvalue weighted by Gasteiger charge is 2.12. The number of ether oxygens (including phenoxy) is 1. The summed E-state index contributed by atoms with van der Waals surface area (Å²) in [5.74, 6) is 0.573. The van der Waals surface area contributed by atoms with Gasteiger partial charge in [0.15, 0.2) is 0 Å². The molecular weight excluding hydrogens is 202 g/mol. The maximum atomic E-state index is 11.9. The molecule has 0 bridgehead atoms. The molecule has 1 aromatic rings. The summed E-state index contributed by atoms with van der Waals surface area (Å²) in [6, 6.07) is 7.48. The molecule has 88 valence electrons. The predicted octanol–water partition coefficient (Wildman–Crippen LogP) is 2.61. The minimum Gasteiger partial charge on any atom is -0.493 e. The van der Waals surface area contributed by atoms with Gasteiger partial charge in [0.25, 0.3) is 5.91 Å². The molecule has 1 aromatic carbocycles. The summed E-state index contributed by atoms with van der Waals surface area (Å²) in [6.07, 6.45) is 0.919. The van der Waals surface area contributed by atoms with Crippen molar-refractivity contribution in [2.75, 3.05) is 6.61 Å². The minimum absolute atomic E-state index is 0.0709. The fourth-order valence-corrected chi connectivity index (χ4v) is 1.34. The topological polar surface area (TPSA) is 38.3 Å².